The predicted molar refractivity (Wildman–Crippen MR) is 71.7 cm³/mol. The van der Waals surface area contributed by atoms with E-state index in [0.29, 0.717) is 11.5 Å². The van der Waals surface area contributed by atoms with Crippen molar-refractivity contribution in [2.45, 2.75) is 39.5 Å². The highest BCUT2D eigenvalue weighted by Crippen LogP contribution is 2.29. The largest absolute Gasteiger partial charge is 0.351 e. The van der Waals surface area contributed by atoms with E-state index in [2.05, 4.69) is 19.2 Å². The highest BCUT2D eigenvalue weighted by Gasteiger charge is 2.19. The second-order valence-electron chi connectivity index (χ2n) is 4.94. The second-order valence-corrected chi connectivity index (χ2v) is 4.94. The third-order valence-electron chi connectivity index (χ3n) is 2.82. The van der Waals surface area contributed by atoms with Crippen LogP contribution in [-0.2, 0) is 0 Å². The molecule has 0 aromatic heterocycles. The van der Waals surface area contributed by atoms with Crippen molar-refractivity contribution in [2.24, 2.45) is 5.73 Å². The van der Waals surface area contributed by atoms with Gasteiger partial charge in [-0.3, -0.25) is 10.1 Å². The van der Waals surface area contributed by atoms with Gasteiger partial charge in [0.15, 0.2) is 0 Å². The van der Waals surface area contributed by atoms with Crippen LogP contribution in [-0.4, -0.2) is 11.9 Å². The normalized spacial score (nSPS) is 10.8. The van der Waals surface area contributed by atoms with E-state index in [1.807, 2.05) is 26.0 Å². The van der Waals surface area contributed by atoms with Gasteiger partial charge in [-0.1, -0.05) is 39.8 Å². The number of primary amides is 1. The fourth-order valence-electron chi connectivity index (χ4n) is 2.11. The zero-order valence-corrected chi connectivity index (χ0v) is 11.3. The van der Waals surface area contributed by atoms with Crippen LogP contribution in [0.25, 0.3) is 0 Å². The van der Waals surface area contributed by atoms with Crippen LogP contribution in [0, 0.1) is 0 Å². The lowest BCUT2D eigenvalue weighted by Gasteiger charge is -2.19. The Morgan fingerprint density at radius 3 is 2.17 bits per heavy atom. The fraction of sp³-hybridized carbons (Fsp3) is 0.429. The molecule has 1 rings (SSSR count). The quantitative estimate of drug-likeness (QED) is 0.863. The van der Waals surface area contributed by atoms with Gasteiger partial charge in [0.2, 0.25) is 0 Å². The van der Waals surface area contributed by atoms with Crippen molar-refractivity contribution in [1.82, 2.24) is 5.32 Å². The summed E-state index contributed by atoms with van der Waals surface area (Å²) in [6.07, 6.45) is 0. The first-order valence-corrected chi connectivity index (χ1v) is 6.08. The maximum atomic E-state index is 11.9. The molecule has 0 fully saturated rings. The molecule has 3 N–H and O–H groups in total. The zero-order chi connectivity index (χ0) is 13.9. The van der Waals surface area contributed by atoms with Crippen LogP contribution in [0.3, 0.4) is 0 Å². The van der Waals surface area contributed by atoms with Crippen LogP contribution in [0.1, 0.15) is 61.0 Å². The number of rotatable bonds is 3. The van der Waals surface area contributed by atoms with Crippen LogP contribution < -0.4 is 11.1 Å². The molecule has 0 atom stereocenters. The lowest BCUT2D eigenvalue weighted by molar-refractivity contribution is 0.0965. The summed E-state index contributed by atoms with van der Waals surface area (Å²) in [7, 11) is 0. The molecule has 0 aliphatic rings. The van der Waals surface area contributed by atoms with E-state index < -0.39 is 11.9 Å². The van der Waals surface area contributed by atoms with Gasteiger partial charge < -0.3 is 5.73 Å². The number of hydrogen-bond donors (Lipinski definition) is 2. The SMILES string of the molecule is CC(C)c1cccc(C(=O)NC(N)=O)c1C(C)C. The van der Waals surface area contributed by atoms with Gasteiger partial charge in [-0.2, -0.15) is 0 Å². The molecule has 0 aliphatic carbocycles. The molecule has 1 aromatic carbocycles. The number of nitrogens with two attached hydrogens (primary N) is 1. The first kappa shape index (κ1) is 14.2. The molecule has 1 aromatic rings. The van der Waals surface area contributed by atoms with E-state index in [4.69, 9.17) is 5.73 Å². The van der Waals surface area contributed by atoms with Gasteiger partial charge in [-0.15, -0.1) is 0 Å². The van der Waals surface area contributed by atoms with Gasteiger partial charge >= 0.3 is 6.03 Å². The molecule has 98 valence electrons. The number of benzene rings is 1. The van der Waals surface area contributed by atoms with Crippen LogP contribution in [0.5, 0.6) is 0 Å². The maximum Gasteiger partial charge on any atom is 0.319 e. The molecule has 0 aliphatic heterocycles. The zero-order valence-electron chi connectivity index (χ0n) is 11.3. The van der Waals surface area contributed by atoms with Gasteiger partial charge in [0.1, 0.15) is 0 Å². The Labute approximate surface area is 108 Å². The van der Waals surface area contributed by atoms with E-state index in [1.54, 1.807) is 6.07 Å². The van der Waals surface area contributed by atoms with Crippen LogP contribution in [0.2, 0.25) is 0 Å². The lowest BCUT2D eigenvalue weighted by Crippen LogP contribution is -2.35. The summed E-state index contributed by atoms with van der Waals surface area (Å²) in [4.78, 5) is 22.7. The first-order valence-electron chi connectivity index (χ1n) is 6.08. The number of urea groups is 1. The van der Waals surface area contributed by atoms with Crippen molar-refractivity contribution in [3.05, 3.63) is 34.9 Å². The number of carbonyl (C=O) groups is 2. The number of imide groups is 1. The smallest absolute Gasteiger partial charge is 0.319 e. The van der Waals surface area contributed by atoms with E-state index in [0.717, 1.165) is 11.1 Å². The average Bonchev–Trinajstić information content (AvgIpc) is 2.26. The average molecular weight is 248 g/mol. The molecular formula is C14H20N2O2. The molecule has 0 spiro atoms. The molecular weight excluding hydrogens is 228 g/mol. The molecule has 0 unspecified atom stereocenters. The number of amides is 3. The lowest BCUT2D eigenvalue weighted by atomic mass is 9.86. The van der Waals surface area contributed by atoms with Crippen LogP contribution >= 0.6 is 0 Å². The highest BCUT2D eigenvalue weighted by atomic mass is 16.2. The standard InChI is InChI=1S/C14H20N2O2/c1-8(2)10-6-5-7-11(12(10)9(3)4)13(17)16-14(15)18/h5-9H,1-4H3,(H3,15,16,17,18). The third kappa shape index (κ3) is 3.09. The van der Waals surface area contributed by atoms with Gasteiger partial charge in [0, 0.05) is 5.56 Å². The van der Waals surface area contributed by atoms with Crippen LogP contribution in [0.4, 0.5) is 4.79 Å². The minimum atomic E-state index is -0.829. The van der Waals surface area contributed by atoms with Gasteiger partial charge in [-0.05, 0) is 29.0 Å². The summed E-state index contributed by atoms with van der Waals surface area (Å²) in [5, 5.41) is 2.12. The molecule has 0 saturated heterocycles. The topological polar surface area (TPSA) is 72.2 Å². The van der Waals surface area contributed by atoms with E-state index in [1.165, 1.54) is 0 Å². The summed E-state index contributed by atoms with van der Waals surface area (Å²) in [6, 6.07) is 4.74. The van der Waals surface area contributed by atoms with Crippen molar-refractivity contribution in [3.8, 4) is 0 Å². The van der Waals surface area contributed by atoms with Crippen molar-refractivity contribution < 1.29 is 9.59 Å². The summed E-state index contributed by atoms with van der Waals surface area (Å²) in [5.74, 6) is 0.0923. The van der Waals surface area contributed by atoms with Crippen molar-refractivity contribution >= 4 is 11.9 Å². The molecule has 0 bridgehead atoms. The Morgan fingerprint density at radius 2 is 1.72 bits per heavy atom. The Morgan fingerprint density at radius 1 is 1.11 bits per heavy atom. The molecule has 0 radical (unpaired) electrons. The Hall–Kier alpha value is -1.84. The highest BCUT2D eigenvalue weighted by molar-refractivity contribution is 6.05. The first-order chi connectivity index (χ1) is 8.34. The Balaban J connectivity index is 3.31. The number of carbonyl (C=O) groups excluding carboxylic acids is 2. The fourth-order valence-corrected chi connectivity index (χ4v) is 2.11. The third-order valence-corrected chi connectivity index (χ3v) is 2.82. The summed E-state index contributed by atoms with van der Waals surface area (Å²) >= 11 is 0. The number of hydrogen-bond acceptors (Lipinski definition) is 2. The summed E-state index contributed by atoms with van der Waals surface area (Å²) in [6.45, 7) is 8.22. The molecule has 0 heterocycles. The van der Waals surface area contributed by atoms with Gasteiger partial charge in [0.25, 0.3) is 5.91 Å². The van der Waals surface area contributed by atoms with E-state index >= 15 is 0 Å². The van der Waals surface area contributed by atoms with Crippen LogP contribution in [0.15, 0.2) is 18.2 Å². The minimum absolute atomic E-state index is 0.206. The Kier molecular flexibility index (Phi) is 4.48. The number of nitrogens with one attached hydrogen (secondary N) is 1. The van der Waals surface area contributed by atoms with Crippen molar-refractivity contribution in [1.29, 1.82) is 0 Å². The molecule has 4 nitrogen and oxygen atoms in total. The molecule has 4 heteroatoms. The molecule has 0 saturated carbocycles. The monoisotopic (exact) mass is 248 g/mol. The van der Waals surface area contributed by atoms with Gasteiger partial charge in [-0.25, -0.2) is 4.79 Å². The summed E-state index contributed by atoms with van der Waals surface area (Å²) in [5.41, 5.74) is 7.61. The summed E-state index contributed by atoms with van der Waals surface area (Å²) < 4.78 is 0. The minimum Gasteiger partial charge on any atom is -0.351 e. The maximum absolute atomic E-state index is 11.9. The molecule has 3 amide bonds. The van der Waals surface area contributed by atoms with Crippen molar-refractivity contribution in [3.63, 3.8) is 0 Å². The second kappa shape index (κ2) is 5.67. The van der Waals surface area contributed by atoms with Crippen molar-refractivity contribution in [2.75, 3.05) is 0 Å². The predicted octanol–water partition coefficient (Wildman–Crippen LogP) is 2.74. The molecule has 18 heavy (non-hydrogen) atoms. The van der Waals surface area contributed by atoms with E-state index in [9.17, 15) is 9.59 Å². The Bertz CT molecular complexity index is 465. The van der Waals surface area contributed by atoms with Gasteiger partial charge in [0.05, 0.1) is 0 Å². The van der Waals surface area contributed by atoms with E-state index in [-0.39, 0.29) is 5.92 Å².